The molecule has 0 bridgehead atoms. The number of aliphatic hydroxyl groups excluding tert-OH is 4. The molecule has 0 amide bonds. The lowest BCUT2D eigenvalue weighted by molar-refractivity contribution is -0.168. The van der Waals surface area contributed by atoms with E-state index in [0.29, 0.717) is 6.42 Å². The highest BCUT2D eigenvalue weighted by molar-refractivity contribution is 5.72. The SMILES string of the molecule is CCCCCCCCC=CCCCCCCCC(=O)O[C@@H](C=O)[C@@H](O)[C@@H](O)[C@H](O)CO. The second-order valence-electron chi connectivity index (χ2n) is 8.16. The van der Waals surface area contributed by atoms with Crippen LogP contribution >= 0.6 is 0 Å². The number of esters is 1. The zero-order valence-corrected chi connectivity index (χ0v) is 19.2. The van der Waals surface area contributed by atoms with Crippen LogP contribution in [0.2, 0.25) is 0 Å². The van der Waals surface area contributed by atoms with E-state index in [2.05, 4.69) is 19.1 Å². The van der Waals surface area contributed by atoms with E-state index in [0.717, 1.165) is 32.1 Å². The Bertz CT molecular complexity index is 467. The fraction of sp³-hybridized carbons (Fsp3) is 0.833. The highest BCUT2D eigenvalue weighted by Crippen LogP contribution is 2.12. The maximum absolute atomic E-state index is 11.8. The third-order valence-corrected chi connectivity index (χ3v) is 5.31. The van der Waals surface area contributed by atoms with Crippen LogP contribution in [0.15, 0.2) is 12.2 Å². The van der Waals surface area contributed by atoms with Crippen LogP contribution < -0.4 is 0 Å². The quantitative estimate of drug-likeness (QED) is 0.0927. The molecule has 7 heteroatoms. The number of allylic oxidation sites excluding steroid dienone is 2. The Balaban J connectivity index is 3.70. The molecule has 0 fully saturated rings. The number of aliphatic hydroxyl groups is 4. The first-order valence-corrected chi connectivity index (χ1v) is 11.9. The molecule has 0 aliphatic heterocycles. The molecule has 0 saturated carbocycles. The lowest BCUT2D eigenvalue weighted by Gasteiger charge is -2.25. The maximum Gasteiger partial charge on any atom is 0.306 e. The van der Waals surface area contributed by atoms with Crippen molar-refractivity contribution in [3.63, 3.8) is 0 Å². The van der Waals surface area contributed by atoms with Crippen LogP contribution in [0, 0.1) is 0 Å². The van der Waals surface area contributed by atoms with Gasteiger partial charge in [-0.2, -0.15) is 0 Å². The summed E-state index contributed by atoms with van der Waals surface area (Å²) in [5, 5.41) is 37.5. The van der Waals surface area contributed by atoms with Crippen molar-refractivity contribution >= 4 is 12.3 Å². The Labute approximate surface area is 187 Å². The van der Waals surface area contributed by atoms with E-state index in [1.54, 1.807) is 0 Å². The average molecular weight is 445 g/mol. The van der Waals surface area contributed by atoms with Gasteiger partial charge in [0.25, 0.3) is 0 Å². The van der Waals surface area contributed by atoms with Gasteiger partial charge in [-0.1, -0.05) is 70.4 Å². The van der Waals surface area contributed by atoms with Crippen LogP contribution in [-0.2, 0) is 14.3 Å². The molecule has 0 heterocycles. The summed E-state index contributed by atoms with van der Waals surface area (Å²) in [7, 11) is 0. The molecule has 31 heavy (non-hydrogen) atoms. The number of aldehydes is 1. The van der Waals surface area contributed by atoms with Gasteiger partial charge in [-0.05, 0) is 32.1 Å². The van der Waals surface area contributed by atoms with Gasteiger partial charge in [-0.3, -0.25) is 9.59 Å². The minimum atomic E-state index is -1.79. The first-order valence-electron chi connectivity index (χ1n) is 11.9. The number of carbonyl (C=O) groups excluding carboxylic acids is 2. The number of hydrogen-bond donors (Lipinski definition) is 4. The first-order chi connectivity index (χ1) is 15.0. The Morgan fingerprint density at radius 1 is 0.806 bits per heavy atom. The third-order valence-electron chi connectivity index (χ3n) is 5.31. The molecule has 0 saturated heterocycles. The van der Waals surface area contributed by atoms with Crippen molar-refractivity contribution in [2.45, 2.75) is 121 Å². The van der Waals surface area contributed by atoms with Crippen LogP contribution in [0.1, 0.15) is 96.8 Å². The van der Waals surface area contributed by atoms with Crippen molar-refractivity contribution < 1.29 is 34.8 Å². The molecule has 0 aromatic carbocycles. The number of unbranched alkanes of at least 4 members (excludes halogenated alkanes) is 11. The van der Waals surface area contributed by atoms with Gasteiger partial charge in [0, 0.05) is 6.42 Å². The fourth-order valence-electron chi connectivity index (χ4n) is 3.26. The summed E-state index contributed by atoms with van der Waals surface area (Å²) in [6, 6.07) is 0. The van der Waals surface area contributed by atoms with E-state index in [1.807, 2.05) is 0 Å². The Morgan fingerprint density at radius 3 is 1.84 bits per heavy atom. The van der Waals surface area contributed by atoms with E-state index < -0.39 is 37.0 Å². The predicted octanol–water partition coefficient (Wildman–Crippen LogP) is 3.21. The topological polar surface area (TPSA) is 124 Å². The van der Waals surface area contributed by atoms with Crippen molar-refractivity contribution in [1.29, 1.82) is 0 Å². The molecule has 0 rings (SSSR count). The molecule has 0 radical (unpaired) electrons. The smallest absolute Gasteiger partial charge is 0.306 e. The summed E-state index contributed by atoms with van der Waals surface area (Å²) < 4.78 is 4.88. The minimum Gasteiger partial charge on any atom is -0.452 e. The number of ether oxygens (including phenoxy) is 1. The molecule has 4 atom stereocenters. The number of hydrogen-bond acceptors (Lipinski definition) is 7. The molecule has 0 aliphatic carbocycles. The summed E-state index contributed by atoms with van der Waals surface area (Å²) in [5.74, 6) is -0.639. The van der Waals surface area contributed by atoms with E-state index in [9.17, 15) is 24.9 Å². The van der Waals surface area contributed by atoms with Gasteiger partial charge >= 0.3 is 5.97 Å². The monoisotopic (exact) mass is 444 g/mol. The van der Waals surface area contributed by atoms with Gasteiger partial charge in [0.05, 0.1) is 6.61 Å². The second kappa shape index (κ2) is 20.6. The molecule has 0 aromatic heterocycles. The van der Waals surface area contributed by atoms with E-state index in [4.69, 9.17) is 9.84 Å². The van der Waals surface area contributed by atoms with Crippen molar-refractivity contribution in [3.05, 3.63) is 12.2 Å². The summed E-state index contributed by atoms with van der Waals surface area (Å²) in [6.07, 6.45) is 13.0. The van der Waals surface area contributed by atoms with Crippen molar-refractivity contribution in [1.82, 2.24) is 0 Å². The highest BCUT2D eigenvalue weighted by atomic mass is 16.6. The van der Waals surface area contributed by atoms with E-state index in [1.165, 1.54) is 44.9 Å². The minimum absolute atomic E-state index is 0.119. The normalized spacial score (nSPS) is 15.5. The second-order valence-corrected chi connectivity index (χ2v) is 8.16. The molecule has 4 N–H and O–H groups in total. The van der Waals surface area contributed by atoms with Gasteiger partial charge in [0.1, 0.15) is 18.3 Å². The Kier molecular flexibility index (Phi) is 19.8. The molecule has 0 aromatic rings. The van der Waals surface area contributed by atoms with Gasteiger partial charge in [0.2, 0.25) is 0 Å². The predicted molar refractivity (Wildman–Crippen MR) is 121 cm³/mol. The first kappa shape index (κ1) is 29.7. The van der Waals surface area contributed by atoms with Gasteiger partial charge in [-0.25, -0.2) is 0 Å². The lowest BCUT2D eigenvalue weighted by atomic mass is 10.0. The van der Waals surface area contributed by atoms with E-state index >= 15 is 0 Å². The summed E-state index contributed by atoms with van der Waals surface area (Å²) in [5.41, 5.74) is 0. The molecule has 182 valence electrons. The van der Waals surface area contributed by atoms with Crippen molar-refractivity contribution in [2.24, 2.45) is 0 Å². The van der Waals surface area contributed by atoms with Crippen LogP contribution in [0.3, 0.4) is 0 Å². The highest BCUT2D eigenvalue weighted by Gasteiger charge is 2.33. The summed E-state index contributed by atoms with van der Waals surface area (Å²) >= 11 is 0. The molecule has 0 spiro atoms. The van der Waals surface area contributed by atoms with Crippen LogP contribution in [0.4, 0.5) is 0 Å². The molecule has 7 nitrogen and oxygen atoms in total. The third kappa shape index (κ3) is 16.1. The average Bonchev–Trinajstić information content (AvgIpc) is 2.78. The van der Waals surface area contributed by atoms with Gasteiger partial charge in [-0.15, -0.1) is 0 Å². The molecule has 0 aliphatic rings. The van der Waals surface area contributed by atoms with E-state index in [-0.39, 0.29) is 12.7 Å². The molecule has 0 unspecified atom stereocenters. The van der Waals surface area contributed by atoms with Crippen LogP contribution in [-0.4, -0.2) is 63.7 Å². The molecular formula is C24H44O7. The lowest BCUT2D eigenvalue weighted by Crippen LogP contribution is -2.48. The maximum atomic E-state index is 11.8. The van der Waals surface area contributed by atoms with Gasteiger partial charge < -0.3 is 25.2 Å². The zero-order valence-electron chi connectivity index (χ0n) is 19.2. The van der Waals surface area contributed by atoms with Crippen LogP contribution in [0.25, 0.3) is 0 Å². The Hall–Kier alpha value is -1.28. The summed E-state index contributed by atoms with van der Waals surface area (Å²) in [6.45, 7) is 1.45. The van der Waals surface area contributed by atoms with Crippen LogP contribution in [0.5, 0.6) is 0 Å². The van der Waals surface area contributed by atoms with Gasteiger partial charge in [0.15, 0.2) is 12.4 Å². The van der Waals surface area contributed by atoms with Crippen molar-refractivity contribution in [3.8, 4) is 0 Å². The summed E-state index contributed by atoms with van der Waals surface area (Å²) in [4.78, 5) is 22.8. The number of carbonyl (C=O) groups is 2. The van der Waals surface area contributed by atoms with Crippen molar-refractivity contribution in [2.75, 3.05) is 6.61 Å². The fourth-order valence-corrected chi connectivity index (χ4v) is 3.26. The Morgan fingerprint density at radius 2 is 1.32 bits per heavy atom. The number of rotatable bonds is 21. The standard InChI is InChI=1S/C24H44O7/c1-2-3-4-5-6-7-8-9-10-11-12-13-14-15-16-17-22(28)31-21(19-26)24(30)23(29)20(27)18-25/h9-10,19-21,23-25,27,29-30H,2-8,11-18H2,1H3/t20-,21+,23+,24-/m1/s1. The largest absolute Gasteiger partial charge is 0.452 e. The molecular weight excluding hydrogens is 400 g/mol. The zero-order chi connectivity index (χ0) is 23.3.